The highest BCUT2D eigenvalue weighted by Crippen LogP contribution is 2.39. The van der Waals surface area contributed by atoms with Gasteiger partial charge in [0.1, 0.15) is 17.1 Å². The van der Waals surface area contributed by atoms with Gasteiger partial charge in [0.25, 0.3) is 5.91 Å². The first-order chi connectivity index (χ1) is 17.5. The fraction of sp³-hybridized carbons (Fsp3) is 0.267. The van der Waals surface area contributed by atoms with Gasteiger partial charge < -0.3 is 14.1 Å². The van der Waals surface area contributed by atoms with E-state index in [1.54, 1.807) is 4.90 Å². The summed E-state index contributed by atoms with van der Waals surface area (Å²) in [7, 11) is 0. The van der Waals surface area contributed by atoms with Gasteiger partial charge in [0, 0.05) is 6.54 Å². The highest BCUT2D eigenvalue weighted by Gasteiger charge is 2.42. The molecule has 36 heavy (non-hydrogen) atoms. The minimum Gasteiger partial charge on any atom is -0.494 e. The number of hydrogen-bond acceptors (Lipinski definition) is 4. The lowest BCUT2D eigenvalue weighted by Gasteiger charge is -2.25. The third-order valence-corrected chi connectivity index (χ3v) is 6.61. The van der Waals surface area contributed by atoms with Crippen LogP contribution >= 0.6 is 0 Å². The number of hydrogen-bond donors (Lipinski definition) is 0. The summed E-state index contributed by atoms with van der Waals surface area (Å²) in [6, 6.07) is 18.5. The summed E-state index contributed by atoms with van der Waals surface area (Å²) in [5.41, 5.74) is 2.85. The zero-order valence-corrected chi connectivity index (χ0v) is 20.4. The van der Waals surface area contributed by atoms with Crippen LogP contribution in [-0.4, -0.2) is 17.4 Å². The molecule has 6 heteroatoms. The van der Waals surface area contributed by atoms with Crippen LogP contribution in [0.5, 0.6) is 5.75 Å². The van der Waals surface area contributed by atoms with Crippen molar-refractivity contribution in [1.82, 2.24) is 4.90 Å². The van der Waals surface area contributed by atoms with E-state index in [2.05, 4.69) is 6.92 Å². The van der Waals surface area contributed by atoms with Crippen LogP contribution in [0.3, 0.4) is 0 Å². The average molecular weight is 486 g/mol. The fourth-order valence-electron chi connectivity index (χ4n) is 4.68. The molecule has 4 aromatic rings. The number of nitrogens with zero attached hydrogens (tertiary/aromatic N) is 1. The zero-order valence-electron chi connectivity index (χ0n) is 20.4. The monoisotopic (exact) mass is 485 g/mol. The van der Waals surface area contributed by atoms with Crippen molar-refractivity contribution in [2.75, 3.05) is 6.61 Å². The van der Waals surface area contributed by atoms with Gasteiger partial charge in [-0.1, -0.05) is 61.7 Å². The Kier molecular flexibility index (Phi) is 6.59. The summed E-state index contributed by atoms with van der Waals surface area (Å²) in [4.78, 5) is 28.8. The van der Waals surface area contributed by atoms with Crippen molar-refractivity contribution in [1.29, 1.82) is 0 Å². The predicted octanol–water partition coefficient (Wildman–Crippen LogP) is 6.55. The number of carbonyl (C=O) groups excluding carboxylic acids is 1. The molecule has 1 unspecified atom stereocenters. The van der Waals surface area contributed by atoms with Gasteiger partial charge in [-0.05, 0) is 54.8 Å². The van der Waals surface area contributed by atoms with Crippen molar-refractivity contribution < 1.29 is 18.3 Å². The predicted molar refractivity (Wildman–Crippen MR) is 137 cm³/mol. The van der Waals surface area contributed by atoms with Crippen molar-refractivity contribution in [3.05, 3.63) is 111 Å². The van der Waals surface area contributed by atoms with Crippen LogP contribution < -0.4 is 10.2 Å². The molecule has 0 radical (unpaired) electrons. The second kappa shape index (κ2) is 9.97. The molecule has 0 N–H and O–H groups in total. The lowest BCUT2D eigenvalue weighted by molar-refractivity contribution is 0.0714. The molecule has 184 valence electrons. The lowest BCUT2D eigenvalue weighted by Crippen LogP contribution is -2.29. The molecular weight excluding hydrogens is 457 g/mol. The summed E-state index contributed by atoms with van der Waals surface area (Å²) in [6.07, 6.45) is 3.21. The van der Waals surface area contributed by atoms with Crippen LogP contribution in [0.1, 0.15) is 65.0 Å². The second-order valence-electron chi connectivity index (χ2n) is 9.26. The first kappa shape index (κ1) is 23.8. The quantitative estimate of drug-likeness (QED) is 0.265. The Morgan fingerprint density at radius 3 is 2.44 bits per heavy atom. The standard InChI is InChI=1S/C30H28FNO4/c1-3-4-5-16-35-23-13-10-21(11-14-23)27-26-28(33)24-17-22(31)12-15-25(24)36-29(26)30(34)32(27)18-20-8-6-19(2)7-9-20/h6-15,17,27H,3-5,16,18H2,1-2H3. The normalized spacial score (nSPS) is 14.9. The van der Waals surface area contributed by atoms with E-state index < -0.39 is 17.3 Å². The molecule has 0 aliphatic carbocycles. The van der Waals surface area contributed by atoms with Gasteiger partial charge >= 0.3 is 0 Å². The molecule has 5 rings (SSSR count). The van der Waals surface area contributed by atoms with Crippen LogP contribution in [0.2, 0.25) is 0 Å². The van der Waals surface area contributed by atoms with E-state index >= 15 is 0 Å². The molecule has 0 spiro atoms. The highest BCUT2D eigenvalue weighted by atomic mass is 19.1. The van der Waals surface area contributed by atoms with E-state index in [0.717, 1.165) is 41.7 Å². The van der Waals surface area contributed by atoms with Crippen molar-refractivity contribution in [2.45, 2.75) is 45.7 Å². The maximum atomic E-state index is 14.0. The third kappa shape index (κ3) is 4.51. The van der Waals surface area contributed by atoms with Crippen molar-refractivity contribution in [2.24, 2.45) is 0 Å². The number of benzene rings is 3. The number of halogens is 1. The van der Waals surface area contributed by atoms with Gasteiger partial charge in [-0.2, -0.15) is 0 Å². The number of rotatable bonds is 8. The number of unbranched alkanes of at least 4 members (excludes halogenated alkanes) is 2. The van der Waals surface area contributed by atoms with Crippen LogP contribution in [0.15, 0.2) is 75.9 Å². The zero-order chi connectivity index (χ0) is 25.2. The Balaban J connectivity index is 1.57. The number of aryl methyl sites for hydroxylation is 1. The second-order valence-corrected chi connectivity index (χ2v) is 9.26. The van der Waals surface area contributed by atoms with Gasteiger partial charge in [-0.15, -0.1) is 0 Å². The molecule has 0 saturated carbocycles. The lowest BCUT2D eigenvalue weighted by atomic mass is 9.98. The molecule has 1 aromatic heterocycles. The van der Waals surface area contributed by atoms with Crippen molar-refractivity contribution in [3.8, 4) is 5.75 Å². The Bertz CT molecular complexity index is 1460. The molecule has 5 nitrogen and oxygen atoms in total. The molecule has 1 atom stereocenters. The average Bonchev–Trinajstić information content (AvgIpc) is 3.15. The summed E-state index contributed by atoms with van der Waals surface area (Å²) in [6.45, 7) is 5.08. The first-order valence-electron chi connectivity index (χ1n) is 12.3. The van der Waals surface area contributed by atoms with E-state index in [0.29, 0.717) is 13.2 Å². The number of fused-ring (bicyclic) bond motifs is 2. The molecule has 2 heterocycles. The fourth-order valence-corrected chi connectivity index (χ4v) is 4.68. The van der Waals surface area contributed by atoms with Crippen LogP contribution in [0, 0.1) is 12.7 Å². The minimum absolute atomic E-state index is 0.0103. The van der Waals surface area contributed by atoms with E-state index in [9.17, 15) is 14.0 Å². The number of ether oxygens (including phenoxy) is 1. The Morgan fingerprint density at radius 2 is 1.72 bits per heavy atom. The van der Waals surface area contributed by atoms with Gasteiger partial charge in [-0.25, -0.2) is 4.39 Å². The third-order valence-electron chi connectivity index (χ3n) is 6.61. The molecule has 0 saturated heterocycles. The smallest absolute Gasteiger partial charge is 0.291 e. The van der Waals surface area contributed by atoms with Gasteiger partial charge in [0.05, 0.1) is 23.6 Å². The molecule has 1 amide bonds. The van der Waals surface area contributed by atoms with Gasteiger partial charge in [0.2, 0.25) is 5.76 Å². The van der Waals surface area contributed by atoms with Crippen LogP contribution in [0.25, 0.3) is 11.0 Å². The maximum Gasteiger partial charge on any atom is 0.291 e. The Labute approximate surface area is 209 Å². The van der Waals surface area contributed by atoms with E-state index in [1.807, 2.05) is 55.5 Å². The summed E-state index contributed by atoms with van der Waals surface area (Å²) in [5.74, 6) is -0.149. The summed E-state index contributed by atoms with van der Waals surface area (Å²) < 4.78 is 25.7. The molecule has 1 aliphatic heterocycles. The molecular formula is C30H28FNO4. The van der Waals surface area contributed by atoms with Gasteiger partial charge in [0.15, 0.2) is 5.43 Å². The van der Waals surface area contributed by atoms with E-state index in [-0.39, 0.29) is 28.2 Å². The summed E-state index contributed by atoms with van der Waals surface area (Å²) in [5, 5.41) is 0.125. The highest BCUT2D eigenvalue weighted by molar-refractivity contribution is 5.99. The topological polar surface area (TPSA) is 59.8 Å². The van der Waals surface area contributed by atoms with E-state index in [4.69, 9.17) is 9.15 Å². The van der Waals surface area contributed by atoms with E-state index in [1.165, 1.54) is 18.2 Å². The van der Waals surface area contributed by atoms with Crippen molar-refractivity contribution in [3.63, 3.8) is 0 Å². The minimum atomic E-state index is -0.660. The number of carbonyl (C=O) groups is 1. The summed E-state index contributed by atoms with van der Waals surface area (Å²) >= 11 is 0. The van der Waals surface area contributed by atoms with Crippen molar-refractivity contribution >= 4 is 16.9 Å². The number of amides is 1. The molecule has 0 fully saturated rings. The molecule has 0 bridgehead atoms. The molecule has 3 aromatic carbocycles. The van der Waals surface area contributed by atoms with Gasteiger partial charge in [-0.3, -0.25) is 9.59 Å². The Hall–Kier alpha value is -3.93. The first-order valence-corrected chi connectivity index (χ1v) is 12.3. The Morgan fingerprint density at radius 1 is 0.972 bits per heavy atom. The maximum absolute atomic E-state index is 14.0. The SMILES string of the molecule is CCCCCOc1ccc(C2c3c(oc4ccc(F)cc4c3=O)C(=O)N2Cc2ccc(C)cc2)cc1. The van der Waals surface area contributed by atoms with Crippen LogP contribution in [-0.2, 0) is 6.54 Å². The van der Waals surface area contributed by atoms with Crippen LogP contribution in [0.4, 0.5) is 4.39 Å². The molecule has 1 aliphatic rings. The largest absolute Gasteiger partial charge is 0.494 e.